The second-order valence-electron chi connectivity index (χ2n) is 15.3. The lowest BCUT2D eigenvalue weighted by Gasteiger charge is -2.21. The van der Waals surface area contributed by atoms with Crippen LogP contribution in [0.2, 0.25) is 0 Å². The van der Waals surface area contributed by atoms with Crippen molar-refractivity contribution in [2.24, 2.45) is 0 Å². The standard InChI is InChI=1S/C50H31N5O2S/c1-50(2)36-15-5-3-12-32(36)33-23-22-28(27-37(33)50)45-53-46(55-47(54-45)35-14-11-21-43-44(35)34-13-4-10-20-42(34)58-43)29-24-30(48-51-38-16-6-8-18-40(38)56-48)26-31(25-29)49-52-39-17-7-9-19-41(39)57-49/h3-27H,1-2H3. The van der Waals surface area contributed by atoms with Crippen molar-refractivity contribution in [2.75, 3.05) is 0 Å². The number of para-hydroxylation sites is 4. The minimum Gasteiger partial charge on any atom is -0.436 e. The Balaban J connectivity index is 1.11. The maximum absolute atomic E-state index is 6.34. The third-order valence-corrected chi connectivity index (χ3v) is 12.5. The van der Waals surface area contributed by atoms with E-state index in [1.807, 2.05) is 66.7 Å². The maximum atomic E-state index is 6.34. The summed E-state index contributed by atoms with van der Waals surface area (Å²) in [5.74, 6) is 2.64. The summed E-state index contributed by atoms with van der Waals surface area (Å²) in [5, 5.41) is 2.30. The van der Waals surface area contributed by atoms with E-state index in [0.717, 1.165) is 44.2 Å². The predicted molar refractivity (Wildman–Crippen MR) is 233 cm³/mol. The zero-order valence-corrected chi connectivity index (χ0v) is 32.2. The molecule has 0 saturated carbocycles. The molecule has 0 spiro atoms. The van der Waals surface area contributed by atoms with Crippen molar-refractivity contribution < 1.29 is 8.83 Å². The molecular formula is C50H31N5O2S. The quantitative estimate of drug-likeness (QED) is 0.172. The molecule has 274 valence electrons. The van der Waals surface area contributed by atoms with Crippen molar-refractivity contribution in [1.29, 1.82) is 0 Å². The average Bonchev–Trinajstić information content (AvgIpc) is 4.05. The Morgan fingerprint density at radius 2 is 1.00 bits per heavy atom. The Bertz CT molecular complexity index is 3310. The van der Waals surface area contributed by atoms with Crippen LogP contribution in [0.15, 0.2) is 160 Å². The van der Waals surface area contributed by atoms with Gasteiger partial charge < -0.3 is 8.83 Å². The molecule has 58 heavy (non-hydrogen) atoms. The Morgan fingerprint density at radius 3 is 1.74 bits per heavy atom. The number of nitrogens with zero attached hydrogens (tertiary/aromatic N) is 5. The van der Waals surface area contributed by atoms with Crippen molar-refractivity contribution in [3.63, 3.8) is 0 Å². The third kappa shape index (κ3) is 5.08. The lowest BCUT2D eigenvalue weighted by atomic mass is 9.82. The number of fused-ring (bicyclic) bond motifs is 8. The second-order valence-corrected chi connectivity index (χ2v) is 16.4. The smallest absolute Gasteiger partial charge is 0.227 e. The number of aromatic nitrogens is 5. The number of oxazole rings is 2. The normalized spacial score (nSPS) is 13.1. The van der Waals surface area contributed by atoms with Crippen molar-refractivity contribution in [3.05, 3.63) is 163 Å². The van der Waals surface area contributed by atoms with Gasteiger partial charge in [0.15, 0.2) is 28.6 Å². The van der Waals surface area contributed by atoms with Gasteiger partial charge in [-0.05, 0) is 82.9 Å². The summed E-state index contributed by atoms with van der Waals surface area (Å²) in [6.07, 6.45) is 0. The summed E-state index contributed by atoms with van der Waals surface area (Å²) >= 11 is 1.78. The van der Waals surface area contributed by atoms with E-state index >= 15 is 0 Å². The van der Waals surface area contributed by atoms with Gasteiger partial charge in [0, 0.05) is 53.4 Å². The first-order valence-corrected chi connectivity index (χ1v) is 20.1. The van der Waals surface area contributed by atoms with Gasteiger partial charge in [0.05, 0.1) is 0 Å². The van der Waals surface area contributed by atoms with E-state index in [1.165, 1.54) is 37.0 Å². The Kier molecular flexibility index (Phi) is 7.01. The fraction of sp³-hybridized carbons (Fsp3) is 0.0600. The van der Waals surface area contributed by atoms with Crippen LogP contribution >= 0.6 is 11.3 Å². The van der Waals surface area contributed by atoms with Crippen molar-refractivity contribution >= 4 is 53.7 Å². The molecule has 8 heteroatoms. The SMILES string of the molecule is CC1(C)c2ccccc2-c2ccc(-c3nc(-c4cc(-c5nc6ccccc6o5)cc(-c5nc6ccccc6o5)c4)nc(-c4cccc5sc6ccccc6c45)n3)cc21. The molecule has 1 aliphatic carbocycles. The summed E-state index contributed by atoms with van der Waals surface area (Å²) in [7, 11) is 0. The van der Waals surface area contributed by atoms with E-state index in [0.29, 0.717) is 40.4 Å². The fourth-order valence-electron chi connectivity index (χ4n) is 8.55. The predicted octanol–water partition coefficient (Wildman–Crippen LogP) is 13.2. The molecule has 0 bridgehead atoms. The first kappa shape index (κ1) is 32.9. The molecular weight excluding hydrogens is 735 g/mol. The van der Waals surface area contributed by atoms with Crippen molar-refractivity contribution in [2.45, 2.75) is 19.3 Å². The minimum atomic E-state index is -0.190. The molecule has 0 fully saturated rings. The van der Waals surface area contributed by atoms with Crippen LogP contribution < -0.4 is 0 Å². The monoisotopic (exact) mass is 765 g/mol. The van der Waals surface area contributed by atoms with Crippen molar-refractivity contribution in [3.8, 4) is 68.2 Å². The van der Waals surface area contributed by atoms with E-state index in [-0.39, 0.29) is 5.41 Å². The molecule has 4 aromatic heterocycles. The summed E-state index contributed by atoms with van der Waals surface area (Å²) in [4.78, 5) is 25.6. The van der Waals surface area contributed by atoms with Crippen LogP contribution in [0, 0.1) is 0 Å². The van der Waals surface area contributed by atoms with Crippen LogP contribution in [-0.2, 0) is 5.41 Å². The summed E-state index contributed by atoms with van der Waals surface area (Å²) in [6, 6.07) is 51.8. The molecule has 0 atom stereocenters. The molecule has 4 heterocycles. The van der Waals surface area contributed by atoms with E-state index in [9.17, 15) is 0 Å². The minimum absolute atomic E-state index is 0.190. The number of hydrogen-bond donors (Lipinski definition) is 0. The van der Waals surface area contributed by atoms with Gasteiger partial charge in [-0.3, -0.25) is 0 Å². The summed E-state index contributed by atoms with van der Waals surface area (Å²) in [5.41, 5.74) is 11.9. The Morgan fingerprint density at radius 1 is 0.431 bits per heavy atom. The molecule has 0 unspecified atom stereocenters. The van der Waals surface area contributed by atoms with Gasteiger partial charge in [0.2, 0.25) is 11.8 Å². The first-order valence-electron chi connectivity index (χ1n) is 19.2. The van der Waals surface area contributed by atoms with Crippen LogP contribution in [0.3, 0.4) is 0 Å². The highest BCUT2D eigenvalue weighted by atomic mass is 32.1. The molecule has 0 radical (unpaired) electrons. The highest BCUT2D eigenvalue weighted by Crippen LogP contribution is 2.49. The van der Waals surface area contributed by atoms with E-state index in [2.05, 4.69) is 98.8 Å². The van der Waals surface area contributed by atoms with Crippen molar-refractivity contribution in [1.82, 2.24) is 24.9 Å². The lowest BCUT2D eigenvalue weighted by Crippen LogP contribution is -2.15. The average molecular weight is 766 g/mol. The number of rotatable bonds is 5. The molecule has 0 N–H and O–H groups in total. The number of hydrogen-bond acceptors (Lipinski definition) is 8. The summed E-state index contributed by atoms with van der Waals surface area (Å²) in [6.45, 7) is 4.58. The molecule has 7 aromatic carbocycles. The molecule has 0 saturated heterocycles. The maximum Gasteiger partial charge on any atom is 0.227 e. The van der Waals surface area contributed by atoms with Crippen LogP contribution in [0.4, 0.5) is 0 Å². The van der Waals surface area contributed by atoms with Crippen LogP contribution in [0.25, 0.3) is 111 Å². The van der Waals surface area contributed by atoms with Gasteiger partial charge in [-0.15, -0.1) is 11.3 Å². The molecule has 1 aliphatic rings. The van der Waals surface area contributed by atoms with Crippen LogP contribution in [0.5, 0.6) is 0 Å². The van der Waals surface area contributed by atoms with Gasteiger partial charge in [0.1, 0.15) is 11.0 Å². The second kappa shape index (κ2) is 12.4. The van der Waals surface area contributed by atoms with Gasteiger partial charge >= 0.3 is 0 Å². The van der Waals surface area contributed by atoms with Gasteiger partial charge in [-0.1, -0.05) is 105 Å². The fourth-order valence-corrected chi connectivity index (χ4v) is 9.69. The van der Waals surface area contributed by atoms with Crippen LogP contribution in [-0.4, -0.2) is 24.9 Å². The third-order valence-electron chi connectivity index (χ3n) is 11.4. The van der Waals surface area contributed by atoms with Gasteiger partial charge in [-0.25, -0.2) is 24.9 Å². The highest BCUT2D eigenvalue weighted by molar-refractivity contribution is 7.25. The first-order chi connectivity index (χ1) is 28.4. The van der Waals surface area contributed by atoms with Gasteiger partial charge in [0.25, 0.3) is 0 Å². The lowest BCUT2D eigenvalue weighted by molar-refractivity contribution is 0.617. The highest BCUT2D eigenvalue weighted by Gasteiger charge is 2.35. The number of benzene rings is 7. The van der Waals surface area contributed by atoms with E-state index in [4.69, 9.17) is 33.8 Å². The van der Waals surface area contributed by atoms with Crippen LogP contribution in [0.1, 0.15) is 25.0 Å². The van der Waals surface area contributed by atoms with Gasteiger partial charge in [-0.2, -0.15) is 0 Å². The Labute approximate surface area is 336 Å². The molecule has 0 amide bonds. The van der Waals surface area contributed by atoms with E-state index < -0.39 is 0 Å². The summed E-state index contributed by atoms with van der Waals surface area (Å²) < 4.78 is 15.1. The Hall–Kier alpha value is -7.29. The largest absolute Gasteiger partial charge is 0.436 e. The van der Waals surface area contributed by atoms with E-state index in [1.54, 1.807) is 11.3 Å². The molecule has 0 aliphatic heterocycles. The molecule has 11 aromatic rings. The number of thiophene rings is 1. The topological polar surface area (TPSA) is 90.7 Å². The molecule has 7 nitrogen and oxygen atoms in total. The molecule has 12 rings (SSSR count). The zero-order valence-electron chi connectivity index (χ0n) is 31.4. The zero-order chi connectivity index (χ0) is 38.5.